The fourth-order valence-corrected chi connectivity index (χ4v) is 2.33. The molecule has 110 valence electrons. The van der Waals surface area contributed by atoms with E-state index in [0.29, 0.717) is 37.2 Å². The molecule has 0 aliphatic carbocycles. The van der Waals surface area contributed by atoms with Crippen molar-refractivity contribution in [2.24, 2.45) is 11.7 Å². The highest BCUT2D eigenvalue weighted by Gasteiger charge is 2.26. The molecule has 0 atom stereocenters. The molecule has 1 aromatic carbocycles. The Hall–Kier alpha value is -2.55. The van der Waals surface area contributed by atoms with Crippen LogP contribution in [0.15, 0.2) is 24.3 Å². The van der Waals surface area contributed by atoms with E-state index in [2.05, 4.69) is 0 Å². The largest absolute Gasteiger partial charge is 0.482 e. The predicted molar refractivity (Wildman–Crippen MR) is 75.2 cm³/mol. The van der Waals surface area contributed by atoms with Gasteiger partial charge in [-0.05, 0) is 25.0 Å². The molecule has 2 amide bonds. The summed E-state index contributed by atoms with van der Waals surface area (Å²) in [4.78, 5) is 24.8. The first-order chi connectivity index (χ1) is 10.1. The molecule has 0 radical (unpaired) electrons. The van der Waals surface area contributed by atoms with Gasteiger partial charge in [0.05, 0.1) is 5.56 Å². The van der Waals surface area contributed by atoms with E-state index in [1.54, 1.807) is 29.2 Å². The fraction of sp³-hybridized carbons (Fsp3) is 0.400. The number of para-hydroxylation sites is 1. The summed E-state index contributed by atoms with van der Waals surface area (Å²) in [6, 6.07) is 8.80. The molecule has 2 rings (SSSR count). The molecule has 1 heterocycles. The minimum atomic E-state index is -0.304. The minimum Gasteiger partial charge on any atom is -0.482 e. The number of hydrogen-bond donors (Lipinski definition) is 1. The maximum absolute atomic E-state index is 12.0. The van der Waals surface area contributed by atoms with Gasteiger partial charge in [-0.15, -0.1) is 0 Å². The molecule has 0 saturated carbocycles. The lowest BCUT2D eigenvalue weighted by Crippen LogP contribution is -2.43. The Morgan fingerprint density at radius 2 is 2.00 bits per heavy atom. The number of likely N-dealkylation sites (tertiary alicyclic amines) is 1. The van der Waals surface area contributed by atoms with Crippen molar-refractivity contribution in [3.8, 4) is 11.8 Å². The SMILES string of the molecule is N#Cc1ccccc1OCC(=O)N1CCC(C(N)=O)CC1. The zero-order chi connectivity index (χ0) is 15.2. The van der Waals surface area contributed by atoms with E-state index in [0.717, 1.165) is 0 Å². The number of benzene rings is 1. The Kier molecular flexibility index (Phi) is 4.77. The van der Waals surface area contributed by atoms with Crippen LogP contribution >= 0.6 is 0 Å². The average Bonchev–Trinajstić information content (AvgIpc) is 2.52. The highest BCUT2D eigenvalue weighted by Crippen LogP contribution is 2.19. The predicted octanol–water partition coefficient (Wildman–Crippen LogP) is 0.661. The van der Waals surface area contributed by atoms with Gasteiger partial charge in [-0.1, -0.05) is 12.1 Å². The molecule has 2 N–H and O–H groups in total. The van der Waals surface area contributed by atoms with Gasteiger partial charge in [0.25, 0.3) is 5.91 Å². The van der Waals surface area contributed by atoms with Crippen LogP contribution in [0.25, 0.3) is 0 Å². The highest BCUT2D eigenvalue weighted by atomic mass is 16.5. The zero-order valence-corrected chi connectivity index (χ0v) is 11.6. The van der Waals surface area contributed by atoms with E-state index < -0.39 is 0 Å². The van der Waals surface area contributed by atoms with Crippen LogP contribution in [0, 0.1) is 17.2 Å². The van der Waals surface area contributed by atoms with Crippen LogP contribution < -0.4 is 10.5 Å². The molecule has 6 nitrogen and oxygen atoms in total. The van der Waals surface area contributed by atoms with E-state index >= 15 is 0 Å². The molecular weight excluding hydrogens is 270 g/mol. The van der Waals surface area contributed by atoms with E-state index in [1.807, 2.05) is 6.07 Å². The number of hydrogen-bond acceptors (Lipinski definition) is 4. The van der Waals surface area contributed by atoms with Crippen molar-refractivity contribution in [3.05, 3.63) is 29.8 Å². The first-order valence-electron chi connectivity index (χ1n) is 6.81. The van der Waals surface area contributed by atoms with Crippen molar-refractivity contribution in [1.29, 1.82) is 5.26 Å². The molecule has 1 saturated heterocycles. The van der Waals surface area contributed by atoms with Crippen molar-refractivity contribution < 1.29 is 14.3 Å². The zero-order valence-electron chi connectivity index (χ0n) is 11.6. The number of piperidine rings is 1. The van der Waals surface area contributed by atoms with Crippen LogP contribution in [0.4, 0.5) is 0 Å². The summed E-state index contributed by atoms with van der Waals surface area (Å²) in [6.07, 6.45) is 1.19. The Bertz CT molecular complexity index is 572. The molecule has 1 aromatic rings. The molecule has 1 aliphatic heterocycles. The Balaban J connectivity index is 1.86. The number of amides is 2. The quantitative estimate of drug-likeness (QED) is 0.879. The van der Waals surface area contributed by atoms with E-state index in [9.17, 15) is 9.59 Å². The van der Waals surface area contributed by atoms with Gasteiger partial charge in [0.15, 0.2) is 6.61 Å². The molecule has 0 spiro atoms. The molecule has 21 heavy (non-hydrogen) atoms. The smallest absolute Gasteiger partial charge is 0.260 e. The topological polar surface area (TPSA) is 96.4 Å². The fourth-order valence-electron chi connectivity index (χ4n) is 2.33. The molecule has 0 aromatic heterocycles. The summed E-state index contributed by atoms with van der Waals surface area (Å²) in [6.45, 7) is 0.908. The first-order valence-corrected chi connectivity index (χ1v) is 6.81. The second-order valence-corrected chi connectivity index (χ2v) is 4.95. The van der Waals surface area contributed by atoms with E-state index in [-0.39, 0.29) is 24.3 Å². The first kappa shape index (κ1) is 14.9. The van der Waals surface area contributed by atoms with Crippen LogP contribution in [-0.4, -0.2) is 36.4 Å². The lowest BCUT2D eigenvalue weighted by atomic mass is 9.96. The minimum absolute atomic E-state index is 0.111. The van der Waals surface area contributed by atoms with E-state index in [1.165, 1.54) is 0 Å². The molecule has 1 aliphatic rings. The van der Waals surface area contributed by atoms with Gasteiger partial charge in [0.1, 0.15) is 11.8 Å². The Morgan fingerprint density at radius 1 is 1.33 bits per heavy atom. The van der Waals surface area contributed by atoms with Gasteiger partial charge in [-0.3, -0.25) is 9.59 Å². The summed E-state index contributed by atoms with van der Waals surface area (Å²) in [5.41, 5.74) is 5.66. The molecule has 6 heteroatoms. The van der Waals surface area contributed by atoms with Gasteiger partial charge in [-0.25, -0.2) is 0 Å². The van der Waals surface area contributed by atoms with Crippen molar-refractivity contribution in [1.82, 2.24) is 4.90 Å². The van der Waals surface area contributed by atoms with Crippen LogP contribution in [0.2, 0.25) is 0 Å². The maximum atomic E-state index is 12.0. The van der Waals surface area contributed by atoms with Crippen LogP contribution in [0.1, 0.15) is 18.4 Å². The number of rotatable bonds is 4. The Morgan fingerprint density at radius 3 is 2.62 bits per heavy atom. The van der Waals surface area contributed by atoms with Crippen molar-refractivity contribution >= 4 is 11.8 Å². The number of carbonyl (C=O) groups is 2. The van der Waals surface area contributed by atoms with Crippen molar-refractivity contribution in [3.63, 3.8) is 0 Å². The van der Waals surface area contributed by atoms with Gasteiger partial charge in [0.2, 0.25) is 5.91 Å². The van der Waals surface area contributed by atoms with E-state index in [4.69, 9.17) is 15.7 Å². The number of nitrogens with two attached hydrogens (primary N) is 1. The molecule has 1 fully saturated rings. The monoisotopic (exact) mass is 287 g/mol. The lowest BCUT2D eigenvalue weighted by Gasteiger charge is -2.30. The summed E-state index contributed by atoms with van der Waals surface area (Å²) < 4.78 is 5.41. The summed E-state index contributed by atoms with van der Waals surface area (Å²) in [5, 5.41) is 8.94. The lowest BCUT2D eigenvalue weighted by molar-refractivity contribution is -0.136. The van der Waals surface area contributed by atoms with Crippen molar-refractivity contribution in [2.75, 3.05) is 19.7 Å². The Labute approximate surface area is 123 Å². The number of nitrogens with zero attached hydrogens (tertiary/aromatic N) is 2. The van der Waals surface area contributed by atoms with Crippen LogP contribution in [-0.2, 0) is 9.59 Å². The van der Waals surface area contributed by atoms with Crippen molar-refractivity contribution in [2.45, 2.75) is 12.8 Å². The summed E-state index contributed by atoms with van der Waals surface area (Å²) in [7, 11) is 0. The number of carbonyl (C=O) groups excluding carboxylic acids is 2. The normalized spacial score (nSPS) is 15.3. The molecule has 0 bridgehead atoms. The number of ether oxygens (including phenoxy) is 1. The average molecular weight is 287 g/mol. The standard InChI is InChI=1S/C15H17N3O3/c16-9-12-3-1-2-4-13(12)21-10-14(19)18-7-5-11(6-8-18)15(17)20/h1-4,11H,5-8,10H2,(H2,17,20). The number of primary amides is 1. The van der Waals surface area contributed by atoms with Crippen LogP contribution in [0.5, 0.6) is 5.75 Å². The van der Waals surface area contributed by atoms with Crippen LogP contribution in [0.3, 0.4) is 0 Å². The second-order valence-electron chi connectivity index (χ2n) is 4.95. The third kappa shape index (κ3) is 3.72. The second kappa shape index (κ2) is 6.75. The van der Waals surface area contributed by atoms with Gasteiger partial charge < -0.3 is 15.4 Å². The third-order valence-electron chi connectivity index (χ3n) is 3.61. The number of nitriles is 1. The highest BCUT2D eigenvalue weighted by molar-refractivity contribution is 5.79. The van der Waals surface area contributed by atoms with Gasteiger partial charge >= 0.3 is 0 Å². The molecular formula is C15H17N3O3. The molecule has 0 unspecified atom stereocenters. The third-order valence-corrected chi connectivity index (χ3v) is 3.61. The van der Waals surface area contributed by atoms with Gasteiger partial charge in [0, 0.05) is 19.0 Å². The van der Waals surface area contributed by atoms with Gasteiger partial charge in [-0.2, -0.15) is 5.26 Å². The summed E-state index contributed by atoms with van der Waals surface area (Å²) >= 11 is 0. The maximum Gasteiger partial charge on any atom is 0.260 e. The summed E-state index contributed by atoms with van der Waals surface area (Å²) in [5.74, 6) is -0.193.